The minimum atomic E-state index is 0.750. The number of nitrogens with zero attached hydrogens (tertiary/aromatic N) is 3. The Balaban J connectivity index is 2.27. The lowest BCUT2D eigenvalue weighted by molar-refractivity contribution is 0.705. The zero-order valence-corrected chi connectivity index (χ0v) is 11.5. The van der Waals surface area contributed by atoms with E-state index in [1.807, 2.05) is 18.3 Å². The van der Waals surface area contributed by atoms with Crippen molar-refractivity contribution in [3.63, 3.8) is 0 Å². The summed E-state index contributed by atoms with van der Waals surface area (Å²) < 4.78 is 2.85. The highest BCUT2D eigenvalue weighted by Gasteiger charge is 2.07. The normalized spacial score (nSPS) is 10.8. The van der Waals surface area contributed by atoms with E-state index in [4.69, 9.17) is 0 Å². The molecule has 0 saturated heterocycles. The summed E-state index contributed by atoms with van der Waals surface area (Å²) in [6.07, 6.45) is 1.95. The molecule has 2 rings (SSSR count). The molecule has 0 unspecified atom stereocenters. The predicted octanol–water partition coefficient (Wildman–Crippen LogP) is 2.45. The molecule has 1 N–H and O–H groups in total. The molecule has 0 fully saturated rings. The maximum Gasteiger partial charge on any atom is 0.0969 e. The van der Waals surface area contributed by atoms with Gasteiger partial charge in [-0.1, -0.05) is 24.3 Å². The van der Waals surface area contributed by atoms with Crippen LogP contribution in [-0.4, -0.2) is 21.5 Å². The first kappa shape index (κ1) is 12.3. The van der Waals surface area contributed by atoms with Gasteiger partial charge in [0.1, 0.15) is 0 Å². The third-order valence-corrected chi connectivity index (χ3v) is 3.55. The van der Waals surface area contributed by atoms with E-state index < -0.39 is 0 Å². The van der Waals surface area contributed by atoms with Crippen LogP contribution in [0.15, 0.2) is 28.9 Å². The van der Waals surface area contributed by atoms with Crippen LogP contribution in [0, 0.1) is 6.92 Å². The summed E-state index contributed by atoms with van der Waals surface area (Å²) in [6, 6.07) is 6.09. The van der Waals surface area contributed by atoms with Gasteiger partial charge in [0, 0.05) is 11.0 Å². The Kier molecular flexibility index (Phi) is 3.91. The Bertz CT molecular complexity index is 507. The second-order valence-corrected chi connectivity index (χ2v) is 4.64. The lowest BCUT2D eigenvalue weighted by Gasteiger charge is -2.05. The lowest BCUT2D eigenvalue weighted by atomic mass is 10.2. The Hall–Kier alpha value is -1.20. The van der Waals surface area contributed by atoms with Crippen molar-refractivity contribution in [3.05, 3.63) is 40.1 Å². The van der Waals surface area contributed by atoms with Crippen LogP contribution >= 0.6 is 15.9 Å². The number of hydrogen-bond donors (Lipinski definition) is 1. The molecule has 0 spiro atoms. The third-order valence-electron chi connectivity index (χ3n) is 2.52. The van der Waals surface area contributed by atoms with Crippen LogP contribution in [0.5, 0.6) is 0 Å². The van der Waals surface area contributed by atoms with Gasteiger partial charge in [0.05, 0.1) is 17.6 Å². The number of nitrogens with one attached hydrogen (secondary N) is 1. The first-order valence-electron chi connectivity index (χ1n) is 5.59. The second kappa shape index (κ2) is 5.42. The fourth-order valence-electron chi connectivity index (χ4n) is 1.56. The molecule has 0 amide bonds. The average molecular weight is 295 g/mol. The van der Waals surface area contributed by atoms with E-state index in [1.165, 1.54) is 5.56 Å². The fourth-order valence-corrected chi connectivity index (χ4v) is 2.01. The third kappa shape index (κ3) is 2.73. The molecular weight excluding hydrogens is 280 g/mol. The number of aromatic nitrogens is 3. The highest BCUT2D eigenvalue weighted by molar-refractivity contribution is 9.10. The van der Waals surface area contributed by atoms with Crippen LogP contribution in [0.1, 0.15) is 18.2 Å². The molecule has 0 aliphatic heterocycles. The number of aryl methyl sites for hydroxylation is 1. The van der Waals surface area contributed by atoms with E-state index in [1.54, 1.807) is 4.68 Å². The van der Waals surface area contributed by atoms with Crippen LogP contribution in [0.4, 0.5) is 0 Å². The van der Waals surface area contributed by atoms with Crippen LogP contribution in [0.3, 0.4) is 0 Å². The van der Waals surface area contributed by atoms with E-state index >= 15 is 0 Å². The Morgan fingerprint density at radius 1 is 1.41 bits per heavy atom. The maximum absolute atomic E-state index is 4.14. The molecule has 1 heterocycles. The summed E-state index contributed by atoms with van der Waals surface area (Å²) in [6.45, 7) is 5.81. The van der Waals surface area contributed by atoms with E-state index in [-0.39, 0.29) is 0 Å². The molecule has 2 aromatic rings. The van der Waals surface area contributed by atoms with Crippen molar-refractivity contribution in [2.45, 2.75) is 20.4 Å². The molecule has 1 aromatic heterocycles. The molecule has 0 aliphatic rings. The Morgan fingerprint density at radius 2 is 2.24 bits per heavy atom. The van der Waals surface area contributed by atoms with Gasteiger partial charge in [-0.15, -0.1) is 5.10 Å². The van der Waals surface area contributed by atoms with Gasteiger partial charge in [0.25, 0.3) is 0 Å². The van der Waals surface area contributed by atoms with Crippen LogP contribution < -0.4 is 5.32 Å². The van der Waals surface area contributed by atoms with Crippen molar-refractivity contribution in [1.29, 1.82) is 0 Å². The number of hydrogen-bond acceptors (Lipinski definition) is 3. The van der Waals surface area contributed by atoms with Gasteiger partial charge in [-0.2, -0.15) is 0 Å². The van der Waals surface area contributed by atoms with Gasteiger partial charge in [0.2, 0.25) is 0 Å². The standard InChI is InChI=1S/C12H15BrN4/c1-3-14-7-10-8-17(16-15-10)11-6-4-5-9(2)12(11)13/h4-6,8,14H,3,7H2,1-2H3. The van der Waals surface area contributed by atoms with Gasteiger partial charge in [-0.3, -0.25) is 0 Å². The van der Waals surface area contributed by atoms with Crippen LogP contribution in [0.2, 0.25) is 0 Å². The first-order chi connectivity index (χ1) is 8.22. The molecular formula is C12H15BrN4. The molecule has 0 atom stereocenters. The summed E-state index contributed by atoms with van der Waals surface area (Å²) in [4.78, 5) is 0. The Morgan fingerprint density at radius 3 is 3.00 bits per heavy atom. The monoisotopic (exact) mass is 294 g/mol. The quantitative estimate of drug-likeness (QED) is 0.942. The zero-order chi connectivity index (χ0) is 12.3. The van der Waals surface area contributed by atoms with Crippen LogP contribution in [-0.2, 0) is 6.54 Å². The fraction of sp³-hybridized carbons (Fsp3) is 0.333. The van der Waals surface area contributed by atoms with Crippen molar-refractivity contribution in [2.75, 3.05) is 6.54 Å². The highest BCUT2D eigenvalue weighted by atomic mass is 79.9. The van der Waals surface area contributed by atoms with E-state index in [9.17, 15) is 0 Å². The summed E-state index contributed by atoms with van der Waals surface area (Å²) in [5, 5.41) is 11.5. The molecule has 0 bridgehead atoms. The van der Waals surface area contributed by atoms with Gasteiger partial charge >= 0.3 is 0 Å². The van der Waals surface area contributed by atoms with Crippen molar-refractivity contribution in [1.82, 2.24) is 20.3 Å². The minimum absolute atomic E-state index is 0.750. The molecule has 17 heavy (non-hydrogen) atoms. The van der Waals surface area contributed by atoms with Crippen molar-refractivity contribution in [2.24, 2.45) is 0 Å². The first-order valence-corrected chi connectivity index (χ1v) is 6.39. The largest absolute Gasteiger partial charge is 0.311 e. The number of halogens is 1. The van der Waals surface area contributed by atoms with Gasteiger partial charge < -0.3 is 5.32 Å². The Labute approximate surface area is 109 Å². The van der Waals surface area contributed by atoms with Crippen molar-refractivity contribution in [3.8, 4) is 5.69 Å². The molecule has 4 nitrogen and oxygen atoms in total. The number of benzene rings is 1. The lowest BCUT2D eigenvalue weighted by Crippen LogP contribution is -2.11. The zero-order valence-electron chi connectivity index (χ0n) is 9.94. The SMILES string of the molecule is CCNCc1cn(-c2cccc(C)c2Br)nn1. The highest BCUT2D eigenvalue weighted by Crippen LogP contribution is 2.23. The molecule has 90 valence electrons. The molecule has 5 heteroatoms. The van der Waals surface area contributed by atoms with Crippen LogP contribution in [0.25, 0.3) is 5.69 Å². The summed E-state index contributed by atoms with van der Waals surface area (Å²) in [5.74, 6) is 0. The smallest absolute Gasteiger partial charge is 0.0969 e. The van der Waals surface area contributed by atoms with E-state index in [2.05, 4.69) is 51.5 Å². The molecule has 0 aliphatic carbocycles. The molecule has 0 saturated carbocycles. The molecule has 0 radical (unpaired) electrons. The predicted molar refractivity (Wildman–Crippen MR) is 71.2 cm³/mol. The second-order valence-electron chi connectivity index (χ2n) is 3.84. The van der Waals surface area contributed by atoms with Crippen molar-refractivity contribution >= 4 is 15.9 Å². The van der Waals surface area contributed by atoms with Gasteiger partial charge in [-0.05, 0) is 41.0 Å². The van der Waals surface area contributed by atoms with Crippen molar-refractivity contribution < 1.29 is 0 Å². The maximum atomic E-state index is 4.14. The molecule has 1 aromatic carbocycles. The average Bonchev–Trinajstić information content (AvgIpc) is 2.78. The van der Waals surface area contributed by atoms with Gasteiger partial charge in [-0.25, -0.2) is 4.68 Å². The van der Waals surface area contributed by atoms with E-state index in [0.717, 1.165) is 28.9 Å². The summed E-state index contributed by atoms with van der Waals surface area (Å²) >= 11 is 3.57. The topological polar surface area (TPSA) is 42.7 Å². The minimum Gasteiger partial charge on any atom is -0.311 e. The summed E-state index contributed by atoms with van der Waals surface area (Å²) in [5.41, 5.74) is 3.15. The summed E-state index contributed by atoms with van der Waals surface area (Å²) in [7, 11) is 0. The number of rotatable bonds is 4. The van der Waals surface area contributed by atoms with E-state index in [0.29, 0.717) is 0 Å². The van der Waals surface area contributed by atoms with Gasteiger partial charge in [0.15, 0.2) is 0 Å².